The van der Waals surface area contributed by atoms with Crippen molar-refractivity contribution in [3.8, 4) is 0 Å². The molecular formula is C13H23ClN4O3. The number of carbonyl (C=O) groups is 1. The zero-order valence-corrected chi connectivity index (χ0v) is 12.9. The Labute approximate surface area is 131 Å². The number of hydrazine groups is 2. The van der Waals surface area contributed by atoms with Crippen molar-refractivity contribution in [1.82, 2.24) is 15.7 Å². The molecule has 21 heavy (non-hydrogen) atoms. The van der Waals surface area contributed by atoms with E-state index in [0.717, 1.165) is 38.8 Å². The van der Waals surface area contributed by atoms with Crippen molar-refractivity contribution < 1.29 is 14.4 Å². The van der Waals surface area contributed by atoms with Crippen molar-refractivity contribution in [3.63, 3.8) is 0 Å². The van der Waals surface area contributed by atoms with Gasteiger partial charge in [0.05, 0.1) is 13.2 Å². The summed E-state index contributed by atoms with van der Waals surface area (Å²) >= 11 is 0. The topological polar surface area (TPSA) is 66.4 Å². The molecule has 0 aromatic heterocycles. The second-order valence-electron chi connectivity index (χ2n) is 5.50. The highest BCUT2D eigenvalue weighted by atomic mass is 35.5. The maximum Gasteiger partial charge on any atom is 0.251 e. The van der Waals surface area contributed by atoms with E-state index in [-0.39, 0.29) is 24.2 Å². The third-order valence-corrected chi connectivity index (χ3v) is 4.07. The van der Waals surface area contributed by atoms with Crippen LogP contribution in [0.4, 0.5) is 0 Å². The molecule has 1 N–H and O–H groups in total. The van der Waals surface area contributed by atoms with Crippen LogP contribution in [0.5, 0.6) is 0 Å². The predicted octanol–water partition coefficient (Wildman–Crippen LogP) is 0.913. The zero-order chi connectivity index (χ0) is 13.8. The average Bonchev–Trinajstić information content (AvgIpc) is 2.97. The maximum absolute atomic E-state index is 12.1. The van der Waals surface area contributed by atoms with E-state index in [1.807, 2.05) is 5.12 Å². The Morgan fingerprint density at radius 2 is 1.90 bits per heavy atom. The van der Waals surface area contributed by atoms with Crippen molar-refractivity contribution in [2.24, 2.45) is 10.9 Å². The Morgan fingerprint density at radius 3 is 2.62 bits per heavy atom. The van der Waals surface area contributed by atoms with Crippen molar-refractivity contribution in [2.45, 2.75) is 32.1 Å². The van der Waals surface area contributed by atoms with Gasteiger partial charge in [-0.25, -0.2) is 5.01 Å². The molecule has 0 spiro atoms. The molecule has 7 nitrogen and oxygen atoms in total. The molecule has 0 atom stereocenters. The van der Waals surface area contributed by atoms with Crippen LogP contribution < -0.4 is 5.59 Å². The van der Waals surface area contributed by atoms with E-state index in [0.29, 0.717) is 25.7 Å². The summed E-state index contributed by atoms with van der Waals surface area (Å²) in [7, 11) is 0. The van der Waals surface area contributed by atoms with Crippen molar-refractivity contribution >= 4 is 24.2 Å². The van der Waals surface area contributed by atoms with Crippen LogP contribution in [-0.2, 0) is 14.4 Å². The summed E-state index contributed by atoms with van der Waals surface area (Å²) in [6.07, 6.45) is 5.45. The van der Waals surface area contributed by atoms with Gasteiger partial charge in [-0.3, -0.25) is 4.79 Å². The van der Waals surface area contributed by atoms with Crippen LogP contribution in [0.15, 0.2) is 4.99 Å². The third kappa shape index (κ3) is 4.37. The van der Waals surface area contributed by atoms with E-state index in [1.165, 1.54) is 6.42 Å². The van der Waals surface area contributed by atoms with Gasteiger partial charge in [0.1, 0.15) is 6.54 Å². The lowest BCUT2D eigenvalue weighted by atomic mass is 9.89. The summed E-state index contributed by atoms with van der Waals surface area (Å²) in [5, 5.41) is 3.96. The minimum absolute atomic E-state index is 0. The molecule has 0 aromatic rings. The molecule has 1 aliphatic carbocycles. The number of halogens is 1. The van der Waals surface area contributed by atoms with Gasteiger partial charge in [0, 0.05) is 19.0 Å². The Bertz CT molecular complexity index is 382. The normalized spacial score (nSPS) is 27.3. The lowest BCUT2D eigenvalue weighted by Gasteiger charge is -2.31. The molecule has 2 heterocycles. The van der Waals surface area contributed by atoms with Crippen molar-refractivity contribution in [1.29, 1.82) is 0 Å². The summed E-state index contributed by atoms with van der Waals surface area (Å²) in [4.78, 5) is 21.5. The van der Waals surface area contributed by atoms with Crippen LogP contribution in [0, 0.1) is 5.92 Å². The Hall–Kier alpha value is -0.730. The van der Waals surface area contributed by atoms with Gasteiger partial charge in [-0.15, -0.1) is 17.5 Å². The molecule has 2 saturated heterocycles. The van der Waals surface area contributed by atoms with E-state index < -0.39 is 0 Å². The first-order chi connectivity index (χ1) is 9.83. The molecule has 3 rings (SSSR count). The van der Waals surface area contributed by atoms with Crippen molar-refractivity contribution in [3.05, 3.63) is 0 Å². The Kier molecular flexibility index (Phi) is 6.38. The number of ether oxygens (including phenoxy) is 1. The fourth-order valence-electron chi connectivity index (χ4n) is 2.87. The zero-order valence-electron chi connectivity index (χ0n) is 12.1. The molecular weight excluding hydrogens is 296 g/mol. The van der Waals surface area contributed by atoms with Crippen LogP contribution in [-0.4, -0.2) is 54.8 Å². The van der Waals surface area contributed by atoms with E-state index >= 15 is 0 Å². The molecule has 3 aliphatic rings. The molecule has 8 heteroatoms. The molecule has 1 saturated carbocycles. The lowest BCUT2D eigenvalue weighted by molar-refractivity contribution is -0.144. The predicted molar refractivity (Wildman–Crippen MR) is 79.6 cm³/mol. The first-order valence-electron chi connectivity index (χ1n) is 7.47. The molecule has 0 unspecified atom stereocenters. The molecule has 1 amide bonds. The maximum atomic E-state index is 12.1. The van der Waals surface area contributed by atoms with Crippen molar-refractivity contribution in [2.75, 3.05) is 32.8 Å². The highest BCUT2D eigenvalue weighted by Gasteiger charge is 2.28. The molecule has 0 radical (unpaired) electrons. The Morgan fingerprint density at radius 1 is 1.19 bits per heavy atom. The van der Waals surface area contributed by atoms with Gasteiger partial charge in [-0.05, 0) is 12.8 Å². The van der Waals surface area contributed by atoms with E-state index in [9.17, 15) is 4.79 Å². The highest BCUT2D eigenvalue weighted by molar-refractivity contribution is 5.93. The summed E-state index contributed by atoms with van der Waals surface area (Å²) in [5.41, 5.74) is 2.81. The number of rotatable bonds is 2. The highest BCUT2D eigenvalue weighted by Crippen LogP contribution is 2.24. The lowest BCUT2D eigenvalue weighted by Crippen LogP contribution is -2.51. The molecule has 0 aromatic carbocycles. The summed E-state index contributed by atoms with van der Waals surface area (Å²) in [6, 6.07) is 0. The molecule has 0 bridgehead atoms. The number of nitrogens with one attached hydrogen (secondary N) is 1. The average molecular weight is 319 g/mol. The van der Waals surface area contributed by atoms with E-state index in [1.54, 1.807) is 0 Å². The van der Waals surface area contributed by atoms with Gasteiger partial charge in [-0.1, -0.05) is 24.9 Å². The number of aliphatic imine (C=N–C) groups is 1. The minimum Gasteiger partial charge on any atom is -0.379 e. The van der Waals surface area contributed by atoms with Crippen LogP contribution in [0.1, 0.15) is 32.1 Å². The number of nitrogens with zero attached hydrogens (tertiary/aromatic N) is 3. The second-order valence-corrected chi connectivity index (χ2v) is 5.50. The van der Waals surface area contributed by atoms with Gasteiger partial charge in [0.15, 0.2) is 0 Å². The quantitative estimate of drug-likeness (QED) is 0.816. The largest absolute Gasteiger partial charge is 0.379 e. The Balaban J connectivity index is 0.00000161. The second kappa shape index (κ2) is 8.05. The SMILES string of the molecule is Cl.O=C(N=C1CN(N2CCOCC2)NO1)C1CCCCC1. The number of amides is 1. The van der Waals surface area contributed by atoms with Crippen LogP contribution in [0.3, 0.4) is 0 Å². The number of carbonyl (C=O) groups excluding carboxylic acids is 1. The van der Waals surface area contributed by atoms with Crippen LogP contribution in [0.25, 0.3) is 0 Å². The van der Waals surface area contributed by atoms with Gasteiger partial charge >= 0.3 is 0 Å². The number of hydrogen-bond acceptors (Lipinski definition) is 6. The van der Waals surface area contributed by atoms with Gasteiger partial charge in [0.25, 0.3) is 5.91 Å². The third-order valence-electron chi connectivity index (χ3n) is 4.07. The minimum atomic E-state index is -0.0228. The summed E-state index contributed by atoms with van der Waals surface area (Å²) in [5.74, 6) is 0.537. The van der Waals surface area contributed by atoms with Gasteiger partial charge in [0.2, 0.25) is 5.90 Å². The number of hydrogen-bond donors (Lipinski definition) is 1. The summed E-state index contributed by atoms with van der Waals surface area (Å²) in [6.45, 7) is 3.57. The van der Waals surface area contributed by atoms with Crippen LogP contribution >= 0.6 is 12.4 Å². The fraction of sp³-hybridized carbons (Fsp3) is 0.846. The molecule has 2 aliphatic heterocycles. The first kappa shape index (κ1) is 16.6. The molecule has 120 valence electrons. The van der Waals surface area contributed by atoms with E-state index in [4.69, 9.17) is 9.57 Å². The summed E-state index contributed by atoms with van der Waals surface area (Å²) < 4.78 is 5.31. The first-order valence-corrected chi connectivity index (χ1v) is 7.47. The number of morpholine rings is 1. The monoisotopic (exact) mass is 318 g/mol. The van der Waals surface area contributed by atoms with Crippen LogP contribution in [0.2, 0.25) is 0 Å². The standard InChI is InChI=1S/C13H22N4O3.ClH/c18-13(11-4-2-1-3-5-11)14-12-10-17(15-20-12)16-6-8-19-9-7-16;/h11,15H,1-10H2;1H. The van der Waals surface area contributed by atoms with Gasteiger partial charge < -0.3 is 9.57 Å². The smallest absolute Gasteiger partial charge is 0.251 e. The molecule has 3 fully saturated rings. The van der Waals surface area contributed by atoms with E-state index in [2.05, 4.69) is 15.6 Å². The fourth-order valence-corrected chi connectivity index (χ4v) is 2.87. The van der Waals surface area contributed by atoms with Gasteiger partial charge in [-0.2, -0.15) is 4.99 Å².